The van der Waals surface area contributed by atoms with Crippen molar-refractivity contribution in [2.75, 3.05) is 13.1 Å². The standard InChI is InChI=1S/C12H10BrF3N2O/c1-2-18(6-5-17)11(19)9-7-8(12(14,15)16)3-4-10(9)13/h3-4,7H,2,6H2,1H3. The van der Waals surface area contributed by atoms with Crippen molar-refractivity contribution < 1.29 is 18.0 Å². The molecule has 0 aromatic heterocycles. The van der Waals surface area contributed by atoms with Crippen LogP contribution in [0.1, 0.15) is 22.8 Å². The molecule has 0 radical (unpaired) electrons. The van der Waals surface area contributed by atoms with Gasteiger partial charge >= 0.3 is 6.18 Å². The molecule has 19 heavy (non-hydrogen) atoms. The van der Waals surface area contributed by atoms with E-state index in [-0.39, 0.29) is 23.1 Å². The molecule has 0 atom stereocenters. The van der Waals surface area contributed by atoms with E-state index in [4.69, 9.17) is 5.26 Å². The van der Waals surface area contributed by atoms with E-state index in [1.165, 1.54) is 11.0 Å². The first-order chi connectivity index (χ1) is 8.81. The summed E-state index contributed by atoms with van der Waals surface area (Å²) < 4.78 is 38.1. The van der Waals surface area contributed by atoms with Gasteiger partial charge in [0.2, 0.25) is 0 Å². The summed E-state index contributed by atoms with van der Waals surface area (Å²) in [6, 6.07) is 4.65. The number of alkyl halides is 3. The second-order valence-electron chi connectivity index (χ2n) is 3.67. The number of carbonyl (C=O) groups is 1. The highest BCUT2D eigenvalue weighted by molar-refractivity contribution is 9.10. The third kappa shape index (κ3) is 3.70. The second-order valence-corrected chi connectivity index (χ2v) is 4.52. The maximum absolute atomic E-state index is 12.6. The van der Waals surface area contributed by atoms with Crippen LogP contribution in [0.5, 0.6) is 0 Å². The van der Waals surface area contributed by atoms with Gasteiger partial charge in [0, 0.05) is 11.0 Å². The molecule has 0 saturated heterocycles. The first-order valence-electron chi connectivity index (χ1n) is 5.34. The average Bonchev–Trinajstić information content (AvgIpc) is 2.34. The van der Waals surface area contributed by atoms with Crippen molar-refractivity contribution in [2.24, 2.45) is 0 Å². The molecule has 0 aliphatic rings. The fourth-order valence-corrected chi connectivity index (χ4v) is 1.86. The molecule has 0 aliphatic carbocycles. The number of carbonyl (C=O) groups excluding carboxylic acids is 1. The summed E-state index contributed by atoms with van der Waals surface area (Å²) in [7, 11) is 0. The Morgan fingerprint density at radius 2 is 2.11 bits per heavy atom. The molecule has 7 heteroatoms. The normalized spacial score (nSPS) is 10.9. The maximum Gasteiger partial charge on any atom is 0.416 e. The molecule has 0 fully saturated rings. The van der Waals surface area contributed by atoms with Gasteiger partial charge < -0.3 is 4.90 Å². The molecule has 0 bridgehead atoms. The monoisotopic (exact) mass is 334 g/mol. The van der Waals surface area contributed by atoms with Crippen LogP contribution in [0.4, 0.5) is 13.2 Å². The van der Waals surface area contributed by atoms with Crippen LogP contribution < -0.4 is 0 Å². The van der Waals surface area contributed by atoms with Crippen molar-refractivity contribution in [3.05, 3.63) is 33.8 Å². The van der Waals surface area contributed by atoms with E-state index >= 15 is 0 Å². The van der Waals surface area contributed by atoms with Crippen LogP contribution in [0.3, 0.4) is 0 Å². The van der Waals surface area contributed by atoms with Crippen LogP contribution in [0.2, 0.25) is 0 Å². The van der Waals surface area contributed by atoms with Crippen LogP contribution in [0.15, 0.2) is 22.7 Å². The van der Waals surface area contributed by atoms with Gasteiger partial charge in [-0.05, 0) is 41.1 Å². The Balaban J connectivity index is 3.19. The summed E-state index contributed by atoms with van der Waals surface area (Å²) in [5.41, 5.74) is -1.00. The lowest BCUT2D eigenvalue weighted by molar-refractivity contribution is -0.137. The molecule has 0 heterocycles. The minimum Gasteiger partial charge on any atom is -0.326 e. The number of nitriles is 1. The molecule has 0 aliphatic heterocycles. The zero-order valence-electron chi connectivity index (χ0n) is 9.96. The van der Waals surface area contributed by atoms with Crippen molar-refractivity contribution in [1.82, 2.24) is 4.90 Å². The number of amides is 1. The lowest BCUT2D eigenvalue weighted by Crippen LogP contribution is -2.31. The molecule has 0 unspecified atom stereocenters. The third-order valence-corrected chi connectivity index (χ3v) is 3.15. The van der Waals surface area contributed by atoms with Crippen molar-refractivity contribution in [3.63, 3.8) is 0 Å². The molecule has 3 nitrogen and oxygen atoms in total. The first-order valence-corrected chi connectivity index (χ1v) is 6.13. The lowest BCUT2D eigenvalue weighted by Gasteiger charge is -2.19. The number of hydrogen-bond donors (Lipinski definition) is 0. The van der Waals surface area contributed by atoms with E-state index in [9.17, 15) is 18.0 Å². The summed E-state index contributed by atoms with van der Waals surface area (Å²) >= 11 is 3.05. The summed E-state index contributed by atoms with van der Waals surface area (Å²) in [6.45, 7) is 1.73. The Bertz CT molecular complexity index is 523. The minimum absolute atomic E-state index is 0.105. The minimum atomic E-state index is -4.51. The van der Waals surface area contributed by atoms with E-state index in [1.54, 1.807) is 13.0 Å². The second kappa shape index (κ2) is 6.06. The Hall–Kier alpha value is -1.55. The highest BCUT2D eigenvalue weighted by Crippen LogP contribution is 2.32. The van der Waals surface area contributed by atoms with Crippen LogP contribution in [-0.2, 0) is 6.18 Å². The Labute approximate surface area is 116 Å². The topological polar surface area (TPSA) is 44.1 Å². The fourth-order valence-electron chi connectivity index (χ4n) is 1.45. The van der Waals surface area contributed by atoms with Crippen molar-refractivity contribution in [1.29, 1.82) is 5.26 Å². The molecule has 0 saturated carbocycles. The summed E-state index contributed by atoms with van der Waals surface area (Å²) in [5, 5.41) is 8.58. The SMILES string of the molecule is CCN(CC#N)C(=O)c1cc(C(F)(F)F)ccc1Br. The highest BCUT2D eigenvalue weighted by Gasteiger charge is 2.32. The van der Waals surface area contributed by atoms with Crippen molar-refractivity contribution in [2.45, 2.75) is 13.1 Å². The quantitative estimate of drug-likeness (QED) is 0.794. The molecule has 1 rings (SSSR count). The van der Waals surface area contributed by atoms with Crippen LogP contribution in [-0.4, -0.2) is 23.9 Å². The number of halogens is 4. The van der Waals surface area contributed by atoms with Gasteiger partial charge in [0.05, 0.1) is 17.2 Å². The number of hydrogen-bond acceptors (Lipinski definition) is 2. The maximum atomic E-state index is 12.6. The molecular formula is C12H10BrF3N2O. The third-order valence-electron chi connectivity index (χ3n) is 2.45. The van der Waals surface area contributed by atoms with Gasteiger partial charge in [-0.2, -0.15) is 18.4 Å². The van der Waals surface area contributed by atoms with Crippen molar-refractivity contribution in [3.8, 4) is 6.07 Å². The predicted octanol–water partition coefficient (Wildman–Crippen LogP) is 3.45. The fraction of sp³-hybridized carbons (Fsp3) is 0.333. The van der Waals surface area contributed by atoms with Crippen LogP contribution in [0.25, 0.3) is 0 Å². The van der Waals surface area contributed by atoms with Gasteiger partial charge in [-0.25, -0.2) is 0 Å². The lowest BCUT2D eigenvalue weighted by atomic mass is 10.1. The zero-order chi connectivity index (χ0) is 14.6. The largest absolute Gasteiger partial charge is 0.416 e. The highest BCUT2D eigenvalue weighted by atomic mass is 79.9. The molecular weight excluding hydrogens is 325 g/mol. The summed E-state index contributed by atoms with van der Waals surface area (Å²) in [6.07, 6.45) is -4.51. The van der Waals surface area contributed by atoms with E-state index in [0.29, 0.717) is 0 Å². The van der Waals surface area contributed by atoms with E-state index in [2.05, 4.69) is 15.9 Å². The zero-order valence-corrected chi connectivity index (χ0v) is 11.5. The number of rotatable bonds is 3. The van der Waals surface area contributed by atoms with E-state index in [0.717, 1.165) is 12.1 Å². The van der Waals surface area contributed by atoms with Gasteiger partial charge in [0.15, 0.2) is 0 Å². The van der Waals surface area contributed by atoms with Gasteiger partial charge in [-0.15, -0.1) is 0 Å². The van der Waals surface area contributed by atoms with E-state index < -0.39 is 17.6 Å². The van der Waals surface area contributed by atoms with Crippen LogP contribution >= 0.6 is 15.9 Å². The molecule has 1 aromatic rings. The summed E-state index contributed by atoms with van der Waals surface area (Å²) in [4.78, 5) is 13.2. The smallest absolute Gasteiger partial charge is 0.326 e. The van der Waals surface area contributed by atoms with Crippen LogP contribution in [0, 0.1) is 11.3 Å². The summed E-state index contributed by atoms with van der Waals surface area (Å²) in [5.74, 6) is -0.609. The molecule has 1 aromatic carbocycles. The average molecular weight is 335 g/mol. The Morgan fingerprint density at radius 3 is 2.58 bits per heavy atom. The van der Waals surface area contributed by atoms with Gasteiger partial charge in [0.1, 0.15) is 6.54 Å². The van der Waals surface area contributed by atoms with Gasteiger partial charge in [-0.3, -0.25) is 4.79 Å². The number of benzene rings is 1. The Morgan fingerprint density at radius 1 is 1.47 bits per heavy atom. The van der Waals surface area contributed by atoms with Crippen molar-refractivity contribution >= 4 is 21.8 Å². The predicted molar refractivity (Wildman–Crippen MR) is 66.3 cm³/mol. The van der Waals surface area contributed by atoms with E-state index in [1.807, 2.05) is 0 Å². The number of nitrogens with zero attached hydrogens (tertiary/aromatic N) is 2. The molecule has 1 amide bonds. The molecule has 102 valence electrons. The van der Waals surface area contributed by atoms with Gasteiger partial charge in [0.25, 0.3) is 5.91 Å². The molecule has 0 N–H and O–H groups in total. The van der Waals surface area contributed by atoms with Gasteiger partial charge in [-0.1, -0.05) is 0 Å². The molecule has 0 spiro atoms. The first kappa shape index (κ1) is 15.5. The Kier molecular flexibility index (Phi) is 4.95.